The maximum Gasteiger partial charge on any atom is 0.138 e. The van der Waals surface area contributed by atoms with E-state index in [4.69, 9.17) is 16.3 Å². The van der Waals surface area contributed by atoms with Crippen molar-refractivity contribution in [3.05, 3.63) is 17.0 Å². The SMILES string of the molecule is CC(C)c1c(Cl)ncnc1N1CCOCC1C. The number of ether oxygens (including phenoxy) is 1. The van der Waals surface area contributed by atoms with Crippen molar-refractivity contribution in [1.82, 2.24) is 9.97 Å². The Morgan fingerprint density at radius 3 is 2.88 bits per heavy atom. The van der Waals surface area contributed by atoms with E-state index in [1.807, 2.05) is 0 Å². The van der Waals surface area contributed by atoms with Crippen LogP contribution in [0.2, 0.25) is 5.15 Å². The lowest BCUT2D eigenvalue weighted by atomic mass is 10.0. The van der Waals surface area contributed by atoms with Gasteiger partial charge in [-0.3, -0.25) is 0 Å². The molecule has 2 heterocycles. The van der Waals surface area contributed by atoms with Gasteiger partial charge >= 0.3 is 0 Å². The number of hydrogen-bond donors (Lipinski definition) is 0. The van der Waals surface area contributed by atoms with Crippen molar-refractivity contribution in [2.75, 3.05) is 24.7 Å². The van der Waals surface area contributed by atoms with Gasteiger partial charge in [0.15, 0.2) is 0 Å². The zero-order valence-corrected chi connectivity index (χ0v) is 11.2. The number of aromatic nitrogens is 2. The standard InChI is InChI=1S/C12H18ClN3O/c1-8(2)10-11(13)14-7-15-12(10)16-4-5-17-6-9(16)3/h7-9H,4-6H2,1-3H3. The van der Waals surface area contributed by atoms with Gasteiger partial charge in [-0.15, -0.1) is 0 Å². The molecule has 4 nitrogen and oxygen atoms in total. The summed E-state index contributed by atoms with van der Waals surface area (Å²) in [5, 5.41) is 0.559. The Morgan fingerprint density at radius 2 is 2.24 bits per heavy atom. The largest absolute Gasteiger partial charge is 0.377 e. The van der Waals surface area contributed by atoms with Crippen LogP contribution in [-0.2, 0) is 4.74 Å². The van der Waals surface area contributed by atoms with Crippen molar-refractivity contribution in [1.29, 1.82) is 0 Å². The smallest absolute Gasteiger partial charge is 0.138 e. The molecule has 0 bridgehead atoms. The molecule has 1 saturated heterocycles. The monoisotopic (exact) mass is 255 g/mol. The zero-order chi connectivity index (χ0) is 12.4. The van der Waals surface area contributed by atoms with Gasteiger partial charge in [-0.1, -0.05) is 25.4 Å². The zero-order valence-electron chi connectivity index (χ0n) is 10.5. The second-order valence-corrected chi connectivity index (χ2v) is 5.03. The lowest BCUT2D eigenvalue weighted by molar-refractivity contribution is 0.0984. The highest BCUT2D eigenvalue weighted by atomic mass is 35.5. The molecule has 1 aliphatic heterocycles. The minimum Gasteiger partial charge on any atom is -0.377 e. The fraction of sp³-hybridized carbons (Fsp3) is 0.667. The van der Waals surface area contributed by atoms with Gasteiger partial charge in [0.05, 0.1) is 19.3 Å². The predicted molar refractivity (Wildman–Crippen MR) is 68.8 cm³/mol. The summed E-state index contributed by atoms with van der Waals surface area (Å²) in [5.74, 6) is 1.27. The van der Waals surface area contributed by atoms with Crippen LogP contribution in [0, 0.1) is 0 Å². The van der Waals surface area contributed by atoms with Crippen molar-refractivity contribution < 1.29 is 4.74 Å². The molecule has 1 fully saturated rings. The molecule has 0 aliphatic carbocycles. The first-order valence-electron chi connectivity index (χ1n) is 5.96. The van der Waals surface area contributed by atoms with E-state index in [9.17, 15) is 0 Å². The van der Waals surface area contributed by atoms with Gasteiger partial charge in [-0.05, 0) is 12.8 Å². The fourth-order valence-electron chi connectivity index (χ4n) is 2.13. The molecule has 0 N–H and O–H groups in total. The van der Waals surface area contributed by atoms with Gasteiger partial charge in [0.1, 0.15) is 17.3 Å². The van der Waals surface area contributed by atoms with E-state index < -0.39 is 0 Å². The van der Waals surface area contributed by atoms with Crippen LogP contribution in [0.1, 0.15) is 32.3 Å². The number of nitrogens with zero attached hydrogens (tertiary/aromatic N) is 3. The highest BCUT2D eigenvalue weighted by Gasteiger charge is 2.25. The van der Waals surface area contributed by atoms with Crippen LogP contribution in [0.4, 0.5) is 5.82 Å². The van der Waals surface area contributed by atoms with E-state index in [0.717, 1.165) is 31.1 Å². The van der Waals surface area contributed by atoms with Crippen molar-refractivity contribution in [2.45, 2.75) is 32.7 Å². The maximum absolute atomic E-state index is 6.18. The Hall–Kier alpha value is -0.870. The summed E-state index contributed by atoms with van der Waals surface area (Å²) in [5.41, 5.74) is 1.03. The van der Waals surface area contributed by atoms with E-state index >= 15 is 0 Å². The molecule has 1 aromatic rings. The third-order valence-corrected chi connectivity index (χ3v) is 3.33. The van der Waals surface area contributed by atoms with Crippen LogP contribution < -0.4 is 4.90 Å². The molecular weight excluding hydrogens is 238 g/mol. The minimum atomic E-state index is 0.314. The molecule has 0 spiro atoms. The van der Waals surface area contributed by atoms with E-state index in [0.29, 0.717) is 17.1 Å². The van der Waals surface area contributed by atoms with Crippen LogP contribution in [0.25, 0.3) is 0 Å². The predicted octanol–water partition coefficient (Wildman–Crippen LogP) is 2.48. The summed E-state index contributed by atoms with van der Waals surface area (Å²) >= 11 is 6.18. The van der Waals surface area contributed by atoms with Crippen LogP contribution in [-0.4, -0.2) is 35.8 Å². The summed E-state index contributed by atoms with van der Waals surface area (Å²) in [4.78, 5) is 10.7. The first-order valence-corrected chi connectivity index (χ1v) is 6.33. The highest BCUT2D eigenvalue weighted by molar-refractivity contribution is 6.30. The summed E-state index contributed by atoms with van der Waals surface area (Å²) in [7, 11) is 0. The van der Waals surface area contributed by atoms with Crippen molar-refractivity contribution in [2.24, 2.45) is 0 Å². The number of hydrogen-bond acceptors (Lipinski definition) is 4. The van der Waals surface area contributed by atoms with Gasteiger partial charge in [0.25, 0.3) is 0 Å². The van der Waals surface area contributed by atoms with Crippen LogP contribution in [0.5, 0.6) is 0 Å². The Kier molecular flexibility index (Phi) is 3.84. The molecule has 1 aromatic heterocycles. The normalized spacial score (nSPS) is 21.0. The van der Waals surface area contributed by atoms with Gasteiger partial charge in [0.2, 0.25) is 0 Å². The molecule has 2 rings (SSSR count). The van der Waals surface area contributed by atoms with Crippen LogP contribution in [0.15, 0.2) is 6.33 Å². The second-order valence-electron chi connectivity index (χ2n) is 4.67. The van der Waals surface area contributed by atoms with Gasteiger partial charge < -0.3 is 9.64 Å². The van der Waals surface area contributed by atoms with Crippen molar-refractivity contribution in [3.63, 3.8) is 0 Å². The summed E-state index contributed by atoms with van der Waals surface area (Å²) in [6, 6.07) is 0.326. The van der Waals surface area contributed by atoms with Crippen molar-refractivity contribution in [3.8, 4) is 0 Å². The van der Waals surface area contributed by atoms with E-state index in [1.165, 1.54) is 6.33 Å². The Morgan fingerprint density at radius 1 is 1.47 bits per heavy atom. The molecule has 17 heavy (non-hydrogen) atoms. The molecule has 0 amide bonds. The fourth-order valence-corrected chi connectivity index (χ4v) is 2.48. The Bertz CT molecular complexity index is 397. The average Bonchev–Trinajstić information content (AvgIpc) is 2.28. The molecule has 94 valence electrons. The van der Waals surface area contributed by atoms with Crippen molar-refractivity contribution >= 4 is 17.4 Å². The summed E-state index contributed by atoms with van der Waals surface area (Å²) < 4.78 is 5.45. The molecule has 0 saturated carbocycles. The van der Waals surface area contributed by atoms with Gasteiger partial charge in [-0.2, -0.15) is 0 Å². The molecule has 0 aromatic carbocycles. The molecule has 1 unspecified atom stereocenters. The Balaban J connectivity index is 2.40. The second kappa shape index (κ2) is 5.19. The topological polar surface area (TPSA) is 38.2 Å². The Labute approximate surface area is 107 Å². The van der Waals surface area contributed by atoms with E-state index in [-0.39, 0.29) is 0 Å². The third kappa shape index (κ3) is 2.53. The van der Waals surface area contributed by atoms with Crippen LogP contribution in [0.3, 0.4) is 0 Å². The van der Waals surface area contributed by atoms with Crippen LogP contribution >= 0.6 is 11.6 Å². The first kappa shape index (κ1) is 12.6. The number of halogens is 1. The molecule has 1 aliphatic rings. The van der Waals surface area contributed by atoms with Gasteiger partial charge in [-0.25, -0.2) is 9.97 Å². The lowest BCUT2D eigenvalue weighted by Crippen LogP contribution is -2.44. The summed E-state index contributed by atoms with van der Waals surface area (Å²) in [6.07, 6.45) is 1.53. The van der Waals surface area contributed by atoms with Gasteiger partial charge in [0, 0.05) is 12.1 Å². The molecule has 0 radical (unpaired) electrons. The minimum absolute atomic E-state index is 0.314. The average molecular weight is 256 g/mol. The first-order chi connectivity index (χ1) is 8.11. The molecule has 5 heteroatoms. The highest BCUT2D eigenvalue weighted by Crippen LogP contribution is 2.31. The summed E-state index contributed by atoms with van der Waals surface area (Å²) in [6.45, 7) is 8.69. The lowest BCUT2D eigenvalue weighted by Gasteiger charge is -2.35. The maximum atomic E-state index is 6.18. The molecular formula is C12H18ClN3O. The quantitative estimate of drug-likeness (QED) is 0.761. The van der Waals surface area contributed by atoms with E-state index in [1.54, 1.807) is 0 Å². The number of anilines is 1. The van der Waals surface area contributed by atoms with E-state index in [2.05, 4.69) is 35.6 Å². The number of rotatable bonds is 2. The third-order valence-electron chi connectivity index (χ3n) is 3.03. The number of morpholine rings is 1. The molecule has 1 atom stereocenters.